The highest BCUT2D eigenvalue weighted by atomic mass is 16.5. The fraction of sp³-hybridized carbons (Fsp3) is 0.632. The van der Waals surface area contributed by atoms with E-state index in [0.717, 1.165) is 37.4 Å². The van der Waals surface area contributed by atoms with E-state index in [1.165, 1.54) is 12.8 Å². The van der Waals surface area contributed by atoms with E-state index in [4.69, 9.17) is 4.74 Å². The highest BCUT2D eigenvalue weighted by Gasteiger charge is 2.19. The summed E-state index contributed by atoms with van der Waals surface area (Å²) in [5, 5.41) is 6.37. The van der Waals surface area contributed by atoms with Crippen LogP contribution in [0.3, 0.4) is 0 Å². The van der Waals surface area contributed by atoms with Crippen molar-refractivity contribution in [2.75, 3.05) is 26.2 Å². The van der Waals surface area contributed by atoms with Gasteiger partial charge in [0.2, 0.25) is 0 Å². The monoisotopic (exact) mass is 318 g/mol. The number of benzene rings is 1. The molecular weight excluding hydrogens is 288 g/mol. The van der Waals surface area contributed by atoms with E-state index in [9.17, 15) is 4.79 Å². The Balaban J connectivity index is 1.74. The minimum absolute atomic E-state index is 0.00104. The van der Waals surface area contributed by atoms with E-state index in [1.54, 1.807) is 0 Å². The van der Waals surface area contributed by atoms with Crippen molar-refractivity contribution >= 4 is 5.91 Å². The SMILES string of the molecule is CC(C)(C)c1ccccc1OCC(=O)NCCC1CCCNC1. The highest BCUT2D eigenvalue weighted by molar-refractivity contribution is 5.77. The van der Waals surface area contributed by atoms with Gasteiger partial charge in [0.05, 0.1) is 0 Å². The first kappa shape index (κ1) is 17.8. The van der Waals surface area contributed by atoms with Crippen molar-refractivity contribution in [2.24, 2.45) is 5.92 Å². The lowest BCUT2D eigenvalue weighted by atomic mass is 9.86. The minimum atomic E-state index is -0.0440. The predicted octanol–water partition coefficient (Wildman–Crippen LogP) is 2.87. The molecule has 1 aliphatic rings. The molecule has 4 nitrogen and oxygen atoms in total. The number of carbonyl (C=O) groups is 1. The normalized spacial score (nSPS) is 18.5. The number of para-hydroxylation sites is 1. The van der Waals surface area contributed by atoms with Gasteiger partial charge < -0.3 is 15.4 Å². The van der Waals surface area contributed by atoms with Crippen LogP contribution in [0.2, 0.25) is 0 Å². The molecule has 0 aliphatic carbocycles. The molecule has 1 atom stereocenters. The first-order chi connectivity index (χ1) is 11.0. The molecule has 2 rings (SSSR count). The van der Waals surface area contributed by atoms with Gasteiger partial charge in [-0.3, -0.25) is 4.79 Å². The molecule has 0 saturated carbocycles. The molecule has 1 heterocycles. The lowest BCUT2D eigenvalue weighted by Crippen LogP contribution is -2.34. The number of rotatable bonds is 6. The lowest BCUT2D eigenvalue weighted by molar-refractivity contribution is -0.123. The number of hydrogen-bond donors (Lipinski definition) is 2. The molecule has 23 heavy (non-hydrogen) atoms. The second-order valence-corrected chi connectivity index (χ2v) is 7.39. The zero-order valence-corrected chi connectivity index (χ0v) is 14.7. The molecule has 1 aliphatic heterocycles. The Morgan fingerprint density at radius 2 is 2.13 bits per heavy atom. The Hall–Kier alpha value is -1.55. The Bertz CT molecular complexity index is 502. The topological polar surface area (TPSA) is 50.4 Å². The number of nitrogens with one attached hydrogen (secondary N) is 2. The fourth-order valence-electron chi connectivity index (χ4n) is 2.99. The number of amides is 1. The average Bonchev–Trinajstić information content (AvgIpc) is 2.53. The second-order valence-electron chi connectivity index (χ2n) is 7.39. The summed E-state index contributed by atoms with van der Waals surface area (Å²) in [5.41, 5.74) is 1.13. The van der Waals surface area contributed by atoms with Crippen LogP contribution in [0.25, 0.3) is 0 Å². The van der Waals surface area contributed by atoms with Crippen molar-refractivity contribution in [1.82, 2.24) is 10.6 Å². The van der Waals surface area contributed by atoms with Crippen LogP contribution in [0.15, 0.2) is 24.3 Å². The largest absolute Gasteiger partial charge is 0.483 e. The molecule has 4 heteroatoms. The van der Waals surface area contributed by atoms with E-state index in [2.05, 4.69) is 37.5 Å². The molecule has 1 fully saturated rings. The molecule has 2 N–H and O–H groups in total. The second kappa shape index (κ2) is 8.34. The maximum atomic E-state index is 12.0. The van der Waals surface area contributed by atoms with E-state index in [1.807, 2.05) is 18.2 Å². The summed E-state index contributed by atoms with van der Waals surface area (Å²) in [4.78, 5) is 12.0. The van der Waals surface area contributed by atoms with Crippen molar-refractivity contribution in [3.05, 3.63) is 29.8 Å². The molecule has 0 aromatic heterocycles. The fourth-order valence-corrected chi connectivity index (χ4v) is 2.99. The predicted molar refractivity (Wildman–Crippen MR) is 93.9 cm³/mol. The van der Waals surface area contributed by atoms with Gasteiger partial charge in [-0.05, 0) is 55.3 Å². The van der Waals surface area contributed by atoms with Crippen molar-refractivity contribution in [2.45, 2.75) is 45.4 Å². The molecule has 128 valence electrons. The molecule has 1 saturated heterocycles. The first-order valence-electron chi connectivity index (χ1n) is 8.66. The highest BCUT2D eigenvalue weighted by Crippen LogP contribution is 2.30. The third-order valence-corrected chi connectivity index (χ3v) is 4.33. The summed E-state index contributed by atoms with van der Waals surface area (Å²) in [6, 6.07) is 7.94. The number of piperidine rings is 1. The molecule has 0 radical (unpaired) electrons. The molecule has 0 bridgehead atoms. The summed E-state index contributed by atoms with van der Waals surface area (Å²) >= 11 is 0. The van der Waals surface area contributed by atoms with E-state index in [-0.39, 0.29) is 17.9 Å². The molecular formula is C19H30N2O2. The van der Waals surface area contributed by atoms with Crippen molar-refractivity contribution in [3.8, 4) is 5.75 Å². The van der Waals surface area contributed by atoms with Crippen LogP contribution in [-0.4, -0.2) is 32.1 Å². The van der Waals surface area contributed by atoms with Crippen molar-refractivity contribution < 1.29 is 9.53 Å². The molecule has 0 spiro atoms. The van der Waals surface area contributed by atoms with E-state index < -0.39 is 0 Å². The van der Waals surface area contributed by atoms with Crippen LogP contribution in [-0.2, 0) is 10.2 Å². The van der Waals surface area contributed by atoms with Gasteiger partial charge >= 0.3 is 0 Å². The quantitative estimate of drug-likeness (QED) is 0.848. The minimum Gasteiger partial charge on any atom is -0.483 e. The maximum Gasteiger partial charge on any atom is 0.257 e. The van der Waals surface area contributed by atoms with Gasteiger partial charge in [-0.1, -0.05) is 39.0 Å². The summed E-state index contributed by atoms with van der Waals surface area (Å²) < 4.78 is 5.74. The van der Waals surface area contributed by atoms with E-state index >= 15 is 0 Å². The Labute approximate surface area is 140 Å². The number of carbonyl (C=O) groups excluding carboxylic acids is 1. The van der Waals surface area contributed by atoms with Crippen LogP contribution in [0, 0.1) is 5.92 Å². The third kappa shape index (κ3) is 5.87. The maximum absolute atomic E-state index is 12.0. The van der Waals surface area contributed by atoms with Crippen molar-refractivity contribution in [3.63, 3.8) is 0 Å². The van der Waals surface area contributed by atoms with Crippen molar-refractivity contribution in [1.29, 1.82) is 0 Å². The first-order valence-corrected chi connectivity index (χ1v) is 8.66. The van der Waals surface area contributed by atoms with Crippen LogP contribution in [0.1, 0.15) is 45.6 Å². The zero-order valence-electron chi connectivity index (χ0n) is 14.7. The smallest absolute Gasteiger partial charge is 0.257 e. The Morgan fingerprint density at radius 1 is 1.35 bits per heavy atom. The van der Waals surface area contributed by atoms with Gasteiger partial charge in [0.25, 0.3) is 5.91 Å². The van der Waals surface area contributed by atoms with Gasteiger partial charge in [-0.15, -0.1) is 0 Å². The van der Waals surface area contributed by atoms with Crippen LogP contribution in [0.5, 0.6) is 5.75 Å². The van der Waals surface area contributed by atoms with Crippen LogP contribution >= 0.6 is 0 Å². The Morgan fingerprint density at radius 3 is 2.83 bits per heavy atom. The standard InChI is InChI=1S/C19H30N2O2/c1-19(2,3)16-8-4-5-9-17(16)23-14-18(22)21-12-10-15-7-6-11-20-13-15/h4-5,8-9,15,20H,6-7,10-14H2,1-3H3,(H,21,22). The van der Waals surface area contributed by atoms with Crippen LogP contribution < -0.4 is 15.4 Å². The molecule has 1 unspecified atom stereocenters. The molecule has 1 aromatic carbocycles. The van der Waals surface area contributed by atoms with Gasteiger partial charge in [0, 0.05) is 6.54 Å². The summed E-state index contributed by atoms with van der Waals surface area (Å²) in [7, 11) is 0. The average molecular weight is 318 g/mol. The summed E-state index contributed by atoms with van der Waals surface area (Å²) in [5.74, 6) is 1.44. The van der Waals surface area contributed by atoms with Crippen LogP contribution in [0.4, 0.5) is 0 Å². The van der Waals surface area contributed by atoms with Gasteiger partial charge in [0.15, 0.2) is 6.61 Å². The Kier molecular flexibility index (Phi) is 6.46. The van der Waals surface area contributed by atoms with Gasteiger partial charge in [-0.2, -0.15) is 0 Å². The van der Waals surface area contributed by atoms with Gasteiger partial charge in [-0.25, -0.2) is 0 Å². The zero-order chi connectivity index (χ0) is 16.7. The molecule has 1 aromatic rings. The molecule has 1 amide bonds. The number of ether oxygens (including phenoxy) is 1. The van der Waals surface area contributed by atoms with E-state index in [0.29, 0.717) is 5.92 Å². The van der Waals surface area contributed by atoms with Gasteiger partial charge in [0.1, 0.15) is 5.75 Å². The summed E-state index contributed by atoms with van der Waals surface area (Å²) in [6.07, 6.45) is 3.54. The lowest BCUT2D eigenvalue weighted by Gasteiger charge is -2.23. The number of hydrogen-bond acceptors (Lipinski definition) is 3. The third-order valence-electron chi connectivity index (χ3n) is 4.33. The summed E-state index contributed by atoms with van der Waals surface area (Å²) in [6.45, 7) is 9.45.